The van der Waals surface area contributed by atoms with Crippen molar-refractivity contribution in [1.29, 1.82) is 0 Å². The van der Waals surface area contributed by atoms with E-state index in [4.69, 9.17) is 9.97 Å². The van der Waals surface area contributed by atoms with Crippen LogP contribution in [0.15, 0.2) is 24.3 Å². The molecule has 1 aliphatic heterocycles. The molecule has 0 bridgehead atoms. The average Bonchev–Trinajstić information content (AvgIpc) is 2.97. The minimum atomic E-state index is 0.586. The molecule has 4 heteroatoms. The highest BCUT2D eigenvalue weighted by atomic mass is 15.2. The van der Waals surface area contributed by atoms with Gasteiger partial charge >= 0.3 is 0 Å². The van der Waals surface area contributed by atoms with E-state index in [9.17, 15) is 0 Å². The smallest absolute Gasteiger partial charge is 0.150 e. The number of benzene rings is 1. The van der Waals surface area contributed by atoms with E-state index >= 15 is 0 Å². The van der Waals surface area contributed by atoms with Gasteiger partial charge in [-0.2, -0.15) is 0 Å². The van der Waals surface area contributed by atoms with Crippen molar-refractivity contribution in [2.75, 3.05) is 24.5 Å². The Balaban J connectivity index is 1.91. The van der Waals surface area contributed by atoms with Crippen molar-refractivity contribution in [3.8, 4) is 0 Å². The van der Waals surface area contributed by atoms with Crippen molar-refractivity contribution in [2.45, 2.75) is 32.7 Å². The fourth-order valence-electron chi connectivity index (χ4n) is 2.92. The second-order valence-electron chi connectivity index (χ2n) is 5.45. The Bertz CT molecular complexity index is 590. The summed E-state index contributed by atoms with van der Waals surface area (Å²) in [6, 6.07) is 8.67. The number of para-hydroxylation sites is 2. The molecule has 1 aliphatic rings. The first-order chi connectivity index (χ1) is 9.78. The molecule has 1 saturated heterocycles. The maximum absolute atomic E-state index is 4.82. The number of aromatic nitrogens is 2. The largest absolute Gasteiger partial charge is 0.354 e. The molecule has 1 fully saturated rings. The number of nitrogens with one attached hydrogen (secondary N) is 1. The number of likely N-dealkylation sites (N-methyl/N-ethyl adjacent to an activating group) is 1. The first-order valence-electron chi connectivity index (χ1n) is 7.49. The zero-order valence-corrected chi connectivity index (χ0v) is 12.3. The third-order valence-electron chi connectivity index (χ3n) is 4.00. The highest BCUT2D eigenvalue weighted by Crippen LogP contribution is 2.21. The van der Waals surface area contributed by atoms with E-state index in [1.807, 2.05) is 24.3 Å². The molecule has 1 aromatic heterocycles. The number of anilines is 1. The lowest BCUT2D eigenvalue weighted by molar-refractivity contribution is 0.583. The van der Waals surface area contributed by atoms with Crippen LogP contribution in [0.2, 0.25) is 0 Å². The summed E-state index contributed by atoms with van der Waals surface area (Å²) in [5, 5.41) is 3.56. The van der Waals surface area contributed by atoms with Gasteiger partial charge in [0.2, 0.25) is 0 Å². The van der Waals surface area contributed by atoms with Crippen molar-refractivity contribution in [3.05, 3.63) is 30.0 Å². The monoisotopic (exact) mass is 270 g/mol. The van der Waals surface area contributed by atoms with Gasteiger partial charge in [-0.3, -0.25) is 0 Å². The highest BCUT2D eigenvalue weighted by molar-refractivity contribution is 5.76. The lowest BCUT2D eigenvalue weighted by Gasteiger charge is -2.26. The normalized spacial score (nSPS) is 18.6. The molecule has 0 aliphatic carbocycles. The second-order valence-corrected chi connectivity index (χ2v) is 5.45. The predicted molar refractivity (Wildman–Crippen MR) is 83.2 cm³/mol. The average molecular weight is 270 g/mol. The van der Waals surface area contributed by atoms with Crippen molar-refractivity contribution < 1.29 is 0 Å². The minimum Gasteiger partial charge on any atom is -0.354 e. The van der Waals surface area contributed by atoms with Gasteiger partial charge in [0.1, 0.15) is 0 Å². The van der Waals surface area contributed by atoms with Crippen molar-refractivity contribution in [1.82, 2.24) is 15.3 Å². The first-order valence-corrected chi connectivity index (χ1v) is 7.49. The van der Waals surface area contributed by atoms with Crippen molar-refractivity contribution in [2.24, 2.45) is 0 Å². The van der Waals surface area contributed by atoms with E-state index in [-0.39, 0.29) is 0 Å². The van der Waals surface area contributed by atoms with Crippen LogP contribution in [0.25, 0.3) is 11.0 Å². The van der Waals surface area contributed by atoms with Crippen LogP contribution < -0.4 is 10.2 Å². The minimum absolute atomic E-state index is 0.586. The Morgan fingerprint density at radius 2 is 2.00 bits per heavy atom. The van der Waals surface area contributed by atoms with E-state index in [1.54, 1.807) is 0 Å². The van der Waals surface area contributed by atoms with Crippen LogP contribution in [0.5, 0.6) is 0 Å². The molecule has 0 spiro atoms. The number of rotatable bonds is 4. The quantitative estimate of drug-likeness (QED) is 0.927. The lowest BCUT2D eigenvalue weighted by atomic mass is 10.2. The zero-order chi connectivity index (χ0) is 13.9. The topological polar surface area (TPSA) is 41.0 Å². The van der Waals surface area contributed by atoms with E-state index < -0.39 is 0 Å². The van der Waals surface area contributed by atoms with Gasteiger partial charge in [0.25, 0.3) is 0 Å². The van der Waals surface area contributed by atoms with E-state index in [2.05, 4.69) is 24.1 Å². The van der Waals surface area contributed by atoms with E-state index in [1.165, 1.54) is 12.8 Å². The summed E-state index contributed by atoms with van der Waals surface area (Å²) in [6.45, 7) is 7.37. The molecule has 20 heavy (non-hydrogen) atoms. The van der Waals surface area contributed by atoms with Crippen LogP contribution in [0.4, 0.5) is 5.82 Å². The van der Waals surface area contributed by atoms with Gasteiger partial charge in [-0.15, -0.1) is 0 Å². The third kappa shape index (κ3) is 2.61. The SMILES string of the molecule is CCN(CC1CCCN1)c1nc2ccccc2nc1C. The fourth-order valence-corrected chi connectivity index (χ4v) is 2.92. The zero-order valence-electron chi connectivity index (χ0n) is 12.3. The van der Waals surface area contributed by atoms with Crippen LogP contribution >= 0.6 is 0 Å². The third-order valence-corrected chi connectivity index (χ3v) is 4.00. The fraction of sp³-hybridized carbons (Fsp3) is 0.500. The molecule has 2 heterocycles. The number of fused-ring (bicyclic) bond motifs is 1. The van der Waals surface area contributed by atoms with Crippen LogP contribution in [-0.4, -0.2) is 35.6 Å². The van der Waals surface area contributed by atoms with Gasteiger partial charge in [0.05, 0.1) is 16.7 Å². The van der Waals surface area contributed by atoms with Crippen molar-refractivity contribution in [3.63, 3.8) is 0 Å². The number of aryl methyl sites for hydroxylation is 1. The van der Waals surface area contributed by atoms with Crippen molar-refractivity contribution >= 4 is 16.9 Å². The maximum atomic E-state index is 4.82. The van der Waals surface area contributed by atoms with Gasteiger partial charge < -0.3 is 10.2 Å². The Morgan fingerprint density at radius 1 is 1.25 bits per heavy atom. The van der Waals surface area contributed by atoms with Gasteiger partial charge in [-0.05, 0) is 45.4 Å². The first kappa shape index (κ1) is 13.3. The van der Waals surface area contributed by atoms with Gasteiger partial charge in [0.15, 0.2) is 5.82 Å². The molecule has 1 aromatic carbocycles. The molecule has 1 atom stereocenters. The van der Waals surface area contributed by atoms with Crippen LogP contribution in [0.3, 0.4) is 0 Å². The van der Waals surface area contributed by atoms with Crippen LogP contribution in [-0.2, 0) is 0 Å². The molecule has 1 unspecified atom stereocenters. The molecule has 0 amide bonds. The summed E-state index contributed by atoms with van der Waals surface area (Å²) in [4.78, 5) is 11.9. The Kier molecular flexibility index (Phi) is 3.83. The summed E-state index contributed by atoms with van der Waals surface area (Å²) in [7, 11) is 0. The summed E-state index contributed by atoms with van der Waals surface area (Å²) in [5.41, 5.74) is 2.97. The molecular formula is C16H22N4. The van der Waals surface area contributed by atoms with Crippen LogP contribution in [0, 0.1) is 6.92 Å². The molecule has 3 rings (SSSR count). The molecule has 1 N–H and O–H groups in total. The summed E-state index contributed by atoms with van der Waals surface area (Å²) in [6.07, 6.45) is 2.54. The second kappa shape index (κ2) is 5.75. The van der Waals surface area contributed by atoms with Crippen LogP contribution in [0.1, 0.15) is 25.5 Å². The van der Waals surface area contributed by atoms with Gasteiger partial charge in [-0.25, -0.2) is 9.97 Å². The summed E-state index contributed by atoms with van der Waals surface area (Å²) in [5.74, 6) is 1.03. The molecule has 0 radical (unpaired) electrons. The Labute approximate surface area is 120 Å². The molecule has 4 nitrogen and oxygen atoms in total. The molecule has 2 aromatic rings. The summed E-state index contributed by atoms with van der Waals surface area (Å²) >= 11 is 0. The number of nitrogens with zero attached hydrogens (tertiary/aromatic N) is 3. The van der Waals surface area contributed by atoms with E-state index in [0.29, 0.717) is 6.04 Å². The highest BCUT2D eigenvalue weighted by Gasteiger charge is 2.19. The summed E-state index contributed by atoms with van der Waals surface area (Å²) < 4.78 is 0. The Hall–Kier alpha value is -1.68. The number of hydrogen-bond acceptors (Lipinski definition) is 4. The number of hydrogen-bond donors (Lipinski definition) is 1. The Morgan fingerprint density at radius 3 is 2.65 bits per heavy atom. The standard InChI is InChI=1S/C16H22N4/c1-3-20(11-13-7-6-10-17-13)16-12(2)18-14-8-4-5-9-15(14)19-16/h4-5,8-9,13,17H,3,6-7,10-11H2,1-2H3. The molecule has 0 saturated carbocycles. The molecule has 106 valence electrons. The van der Waals surface area contributed by atoms with E-state index in [0.717, 1.165) is 42.2 Å². The predicted octanol–water partition coefficient (Wildman–Crippen LogP) is 2.52. The molecular weight excluding hydrogens is 248 g/mol. The van der Waals surface area contributed by atoms with Gasteiger partial charge in [0, 0.05) is 19.1 Å². The lowest BCUT2D eigenvalue weighted by Crippen LogP contribution is -2.38. The maximum Gasteiger partial charge on any atom is 0.150 e. The van der Waals surface area contributed by atoms with Gasteiger partial charge in [-0.1, -0.05) is 12.1 Å².